The van der Waals surface area contributed by atoms with Crippen LogP contribution in [0.2, 0.25) is 0 Å². The molecule has 0 unspecified atom stereocenters. The van der Waals surface area contributed by atoms with Crippen molar-refractivity contribution >= 4 is 0 Å². The Morgan fingerprint density at radius 1 is 0.857 bits per heavy atom. The molecule has 0 amide bonds. The molecule has 70 valence electrons. The third kappa shape index (κ3) is 1.22. The van der Waals surface area contributed by atoms with Crippen LogP contribution in [0.4, 0.5) is 0 Å². The van der Waals surface area contributed by atoms with Gasteiger partial charge in [0.05, 0.1) is 5.57 Å². The molecule has 0 fully saturated rings. The monoisotopic (exact) mass is 203 g/mol. The number of hydrogen-bond donors (Lipinski definition) is 1. The van der Waals surface area contributed by atoms with Crippen LogP contribution in [0.3, 0.4) is 0 Å². The first kappa shape index (κ1) is 9.25. The summed E-state index contributed by atoms with van der Waals surface area (Å²) >= 11 is 0. The molecule has 3 rings (SSSR count). The molecular weight excluding hydrogens is 194 g/mol. The first-order valence-corrected chi connectivity index (χ1v) is 4.48. The maximum Gasteiger partial charge on any atom is 0.142 e. The van der Waals surface area contributed by atoms with E-state index in [0.29, 0.717) is 0 Å². The molecule has 1 nitrogen and oxygen atoms in total. The van der Waals surface area contributed by atoms with E-state index < -0.39 is 0 Å². The Morgan fingerprint density at radius 3 is 2.64 bits per heavy atom. The number of rotatable bonds is 0. The van der Waals surface area contributed by atoms with E-state index in [9.17, 15) is 0 Å². The molecule has 0 aromatic heterocycles. The summed E-state index contributed by atoms with van der Waals surface area (Å²) < 4.78 is 0. The van der Waals surface area contributed by atoms with E-state index in [-0.39, 0.29) is 12.4 Å². The quantitative estimate of drug-likeness (QED) is 0.485. The Hall–Kier alpha value is -1.31. The number of quaternary nitrogens is 1. The Balaban J connectivity index is 0.000000750. The second-order valence-corrected chi connectivity index (χ2v) is 3.32. The van der Waals surface area contributed by atoms with E-state index in [0.717, 1.165) is 0 Å². The Bertz CT molecular complexity index is 442. The van der Waals surface area contributed by atoms with Crippen molar-refractivity contribution < 1.29 is 17.7 Å². The topological polar surface area (TPSA) is 16.6 Å². The minimum Gasteiger partial charge on any atom is -1.00 e. The molecule has 14 heavy (non-hydrogen) atoms. The fourth-order valence-corrected chi connectivity index (χ4v) is 1.91. The molecular formula is C12H10ClN. The van der Waals surface area contributed by atoms with Crippen molar-refractivity contribution in [3.63, 3.8) is 0 Å². The molecule has 0 atom stereocenters. The van der Waals surface area contributed by atoms with Crippen molar-refractivity contribution in [3.05, 3.63) is 71.1 Å². The fourth-order valence-electron chi connectivity index (χ4n) is 1.91. The van der Waals surface area contributed by atoms with Crippen molar-refractivity contribution in [1.82, 2.24) is 0 Å². The van der Waals surface area contributed by atoms with Gasteiger partial charge in [-0.05, 0) is 11.6 Å². The molecule has 0 saturated carbocycles. The lowest BCUT2D eigenvalue weighted by Crippen LogP contribution is -3.00. The maximum atomic E-state index is 2.18. The van der Waals surface area contributed by atoms with Gasteiger partial charge in [0, 0.05) is 11.6 Å². The molecule has 0 aromatic rings. The number of allylic oxidation sites excluding steroid dienone is 10. The lowest BCUT2D eigenvalue weighted by atomic mass is 10.0. The molecule has 0 radical (unpaired) electrons. The largest absolute Gasteiger partial charge is 1.00 e. The molecule has 1 heterocycles. The highest BCUT2D eigenvalue weighted by Gasteiger charge is 2.25. The minimum atomic E-state index is 0. The summed E-state index contributed by atoms with van der Waals surface area (Å²) in [5.41, 5.74) is 5.40. The van der Waals surface area contributed by atoms with Gasteiger partial charge in [-0.2, -0.15) is 0 Å². The van der Waals surface area contributed by atoms with E-state index in [2.05, 4.69) is 54.0 Å². The summed E-state index contributed by atoms with van der Waals surface area (Å²) in [6, 6.07) is 0. The van der Waals surface area contributed by atoms with Crippen molar-refractivity contribution in [2.75, 3.05) is 0 Å². The minimum absolute atomic E-state index is 0. The van der Waals surface area contributed by atoms with Crippen LogP contribution in [0.25, 0.3) is 0 Å². The molecule has 0 saturated heterocycles. The average molecular weight is 204 g/mol. The predicted octanol–water partition coefficient (Wildman–Crippen LogP) is -1.67. The van der Waals surface area contributed by atoms with Gasteiger partial charge in [0.2, 0.25) is 0 Å². The summed E-state index contributed by atoms with van der Waals surface area (Å²) in [6.45, 7) is 0. The average Bonchev–Trinajstić information content (AvgIpc) is 2.60. The van der Waals surface area contributed by atoms with Crippen LogP contribution in [0.15, 0.2) is 71.1 Å². The van der Waals surface area contributed by atoms with Crippen LogP contribution in [-0.4, -0.2) is 0 Å². The Morgan fingerprint density at radius 2 is 1.71 bits per heavy atom. The Kier molecular flexibility index (Phi) is 2.28. The summed E-state index contributed by atoms with van der Waals surface area (Å²) in [5, 5.41) is 2.18. The van der Waals surface area contributed by atoms with Gasteiger partial charge in [-0.15, -0.1) is 0 Å². The molecule has 1 aliphatic heterocycles. The zero-order valence-corrected chi connectivity index (χ0v) is 8.33. The summed E-state index contributed by atoms with van der Waals surface area (Å²) in [6.07, 6.45) is 17.1. The lowest BCUT2D eigenvalue weighted by Gasteiger charge is -1.99. The van der Waals surface area contributed by atoms with Gasteiger partial charge in [-0.1, -0.05) is 30.4 Å². The van der Waals surface area contributed by atoms with Crippen LogP contribution in [-0.2, 0) is 0 Å². The van der Waals surface area contributed by atoms with Crippen molar-refractivity contribution in [2.24, 2.45) is 0 Å². The van der Waals surface area contributed by atoms with Crippen LogP contribution >= 0.6 is 0 Å². The van der Waals surface area contributed by atoms with Crippen LogP contribution < -0.4 is 17.7 Å². The smallest absolute Gasteiger partial charge is 0.142 e. The van der Waals surface area contributed by atoms with E-state index in [1.54, 1.807) is 0 Å². The summed E-state index contributed by atoms with van der Waals surface area (Å²) in [7, 11) is 0. The standard InChI is InChI=1S/C12H9N.ClH/c1-2-4-9-6-7-10-8-13-11(5-3-1)12(9)10;/h1-8,13H;1H/b2-1-,3-1?,4-2?,5-3-,9-4-,11-5?;. The zero-order valence-electron chi connectivity index (χ0n) is 7.57. The van der Waals surface area contributed by atoms with E-state index in [1.165, 1.54) is 22.4 Å². The summed E-state index contributed by atoms with van der Waals surface area (Å²) in [5.74, 6) is 0. The van der Waals surface area contributed by atoms with E-state index in [1.807, 2.05) is 0 Å². The van der Waals surface area contributed by atoms with Gasteiger partial charge in [0.1, 0.15) is 11.9 Å². The molecule has 0 spiro atoms. The van der Waals surface area contributed by atoms with Gasteiger partial charge in [-0.3, -0.25) is 5.32 Å². The predicted molar refractivity (Wildman–Crippen MR) is 52.5 cm³/mol. The normalized spacial score (nSPS) is 29.4. The highest BCUT2D eigenvalue weighted by molar-refractivity contribution is 5.66. The van der Waals surface area contributed by atoms with Gasteiger partial charge in [-0.25, -0.2) is 0 Å². The van der Waals surface area contributed by atoms with Crippen molar-refractivity contribution in [1.29, 1.82) is 0 Å². The second-order valence-electron chi connectivity index (χ2n) is 3.32. The summed E-state index contributed by atoms with van der Waals surface area (Å²) in [4.78, 5) is 0. The highest BCUT2D eigenvalue weighted by Crippen LogP contribution is 2.32. The van der Waals surface area contributed by atoms with Gasteiger partial charge in [0.15, 0.2) is 0 Å². The molecule has 2 aliphatic carbocycles. The Labute approximate surface area is 89.3 Å². The maximum absolute atomic E-state index is 2.18. The molecule has 3 aliphatic rings. The number of nitrogens with two attached hydrogens (primary N) is 1. The molecule has 0 aromatic carbocycles. The third-order valence-electron chi connectivity index (χ3n) is 2.52. The van der Waals surface area contributed by atoms with Gasteiger partial charge >= 0.3 is 0 Å². The van der Waals surface area contributed by atoms with E-state index in [4.69, 9.17) is 0 Å². The molecule has 2 N–H and O–H groups in total. The second kappa shape index (κ2) is 3.45. The fraction of sp³-hybridized carbons (Fsp3) is 0. The van der Waals surface area contributed by atoms with Crippen molar-refractivity contribution in [2.45, 2.75) is 0 Å². The van der Waals surface area contributed by atoms with E-state index >= 15 is 0 Å². The van der Waals surface area contributed by atoms with Crippen LogP contribution in [0.5, 0.6) is 0 Å². The van der Waals surface area contributed by atoms with Crippen molar-refractivity contribution in [3.8, 4) is 0 Å². The van der Waals surface area contributed by atoms with Crippen LogP contribution in [0.1, 0.15) is 0 Å². The van der Waals surface area contributed by atoms with Gasteiger partial charge in [0.25, 0.3) is 0 Å². The molecule has 0 bridgehead atoms. The first-order chi connectivity index (χ1) is 6.45. The number of hydrogen-bond acceptors (Lipinski definition) is 0. The lowest BCUT2D eigenvalue weighted by molar-refractivity contribution is -0.526. The van der Waals surface area contributed by atoms with Gasteiger partial charge < -0.3 is 12.4 Å². The zero-order chi connectivity index (χ0) is 8.67. The first-order valence-electron chi connectivity index (χ1n) is 4.48. The highest BCUT2D eigenvalue weighted by atomic mass is 35.5. The molecule has 2 heteroatoms. The van der Waals surface area contributed by atoms with Crippen LogP contribution in [0, 0.1) is 0 Å². The SMILES string of the molecule is C1=C/C2=C/C=C\C=C/C3=C2C1=C[NH2+]3.[Cl-]. The third-order valence-corrected chi connectivity index (χ3v) is 2.52. The number of halogens is 1.